The van der Waals surface area contributed by atoms with E-state index in [1.54, 1.807) is 18.3 Å². The largest absolute Gasteiger partial charge is 0.435 e. The monoisotopic (exact) mass is 381 g/mol. The zero-order chi connectivity index (χ0) is 18.7. The number of nitrogens with one attached hydrogen (secondary N) is 1. The maximum absolute atomic E-state index is 12.3. The molecule has 1 atom stereocenters. The van der Waals surface area contributed by atoms with Gasteiger partial charge in [-0.2, -0.15) is 8.78 Å². The van der Waals surface area contributed by atoms with E-state index in [0.29, 0.717) is 39.6 Å². The second-order valence-corrected chi connectivity index (χ2v) is 6.93. The smallest absolute Gasteiger partial charge is 0.387 e. The van der Waals surface area contributed by atoms with Crippen LogP contribution in [0, 0.1) is 5.92 Å². The zero-order valence-corrected chi connectivity index (χ0v) is 15.3. The molecule has 1 fully saturated rings. The van der Waals surface area contributed by atoms with E-state index in [-0.39, 0.29) is 5.75 Å². The summed E-state index contributed by atoms with van der Waals surface area (Å²) in [6.07, 6.45) is 6.29. The number of rotatable bonds is 8. The quantitative estimate of drug-likeness (QED) is 0.627. The van der Waals surface area contributed by atoms with Gasteiger partial charge in [0.05, 0.1) is 10.7 Å². The maximum atomic E-state index is 12.3. The molecular weight excluding hydrogens is 360 g/mol. The lowest BCUT2D eigenvalue weighted by Crippen LogP contribution is -2.23. The molecule has 0 spiro atoms. The predicted octanol–water partition coefficient (Wildman–Crippen LogP) is 5.58. The number of pyridine rings is 1. The van der Waals surface area contributed by atoms with E-state index < -0.39 is 6.61 Å². The van der Waals surface area contributed by atoms with Crippen LogP contribution in [0.15, 0.2) is 30.5 Å². The number of aromatic nitrogens is 1. The van der Waals surface area contributed by atoms with Crippen molar-refractivity contribution in [1.29, 1.82) is 0 Å². The number of nitrogen functional groups attached to an aromatic ring is 1. The fourth-order valence-electron chi connectivity index (χ4n) is 3.12. The highest BCUT2D eigenvalue weighted by Gasteiger charge is 2.31. The number of halogens is 3. The lowest BCUT2D eigenvalue weighted by Gasteiger charge is -2.20. The third-order valence-corrected chi connectivity index (χ3v) is 4.87. The molecule has 1 aliphatic carbocycles. The summed E-state index contributed by atoms with van der Waals surface area (Å²) in [4.78, 5) is 4.38. The van der Waals surface area contributed by atoms with Gasteiger partial charge in [0.15, 0.2) is 0 Å². The van der Waals surface area contributed by atoms with Crippen LogP contribution in [0.2, 0.25) is 5.02 Å². The maximum Gasteiger partial charge on any atom is 0.387 e. The molecule has 4 nitrogen and oxygen atoms in total. The van der Waals surface area contributed by atoms with Crippen molar-refractivity contribution in [3.05, 3.63) is 35.5 Å². The van der Waals surface area contributed by atoms with Crippen molar-refractivity contribution in [3.8, 4) is 16.9 Å². The fourth-order valence-corrected chi connectivity index (χ4v) is 3.40. The minimum atomic E-state index is -2.89. The van der Waals surface area contributed by atoms with Crippen molar-refractivity contribution < 1.29 is 13.5 Å². The minimum absolute atomic E-state index is 0.0106. The van der Waals surface area contributed by atoms with Crippen LogP contribution in [0.3, 0.4) is 0 Å². The summed E-state index contributed by atoms with van der Waals surface area (Å²) in [7, 11) is 0. The molecule has 3 N–H and O–H groups in total. The molecule has 1 aromatic carbocycles. The Kier molecular flexibility index (Phi) is 5.81. The van der Waals surface area contributed by atoms with Crippen LogP contribution < -0.4 is 15.8 Å². The van der Waals surface area contributed by atoms with Gasteiger partial charge in [-0.1, -0.05) is 24.9 Å². The van der Waals surface area contributed by atoms with E-state index >= 15 is 0 Å². The Bertz CT molecular complexity index is 768. The van der Waals surface area contributed by atoms with Crippen LogP contribution in [-0.4, -0.2) is 17.6 Å². The Hall–Kier alpha value is -2.08. The van der Waals surface area contributed by atoms with E-state index in [0.717, 1.165) is 12.8 Å². The van der Waals surface area contributed by atoms with Crippen LogP contribution in [0.1, 0.15) is 32.6 Å². The Labute approximate surface area is 156 Å². The van der Waals surface area contributed by atoms with Gasteiger partial charge in [-0.15, -0.1) is 0 Å². The first-order valence-corrected chi connectivity index (χ1v) is 9.13. The van der Waals surface area contributed by atoms with Crippen molar-refractivity contribution in [2.24, 2.45) is 5.92 Å². The highest BCUT2D eigenvalue weighted by molar-refractivity contribution is 6.33. The van der Waals surface area contributed by atoms with E-state index in [9.17, 15) is 8.78 Å². The number of ether oxygens (including phenoxy) is 1. The van der Waals surface area contributed by atoms with Gasteiger partial charge in [0.2, 0.25) is 0 Å². The Morgan fingerprint density at radius 3 is 2.69 bits per heavy atom. The van der Waals surface area contributed by atoms with Crippen molar-refractivity contribution >= 4 is 23.1 Å². The second-order valence-electron chi connectivity index (χ2n) is 6.52. The number of alkyl halides is 2. The first-order valence-electron chi connectivity index (χ1n) is 8.75. The molecule has 26 heavy (non-hydrogen) atoms. The molecule has 140 valence electrons. The summed E-state index contributed by atoms with van der Waals surface area (Å²) in [6, 6.07) is 6.56. The summed E-state index contributed by atoms with van der Waals surface area (Å²) in [5.41, 5.74) is 8.19. The van der Waals surface area contributed by atoms with Crippen LogP contribution in [-0.2, 0) is 0 Å². The molecule has 0 aliphatic heterocycles. The minimum Gasteiger partial charge on any atom is -0.435 e. The van der Waals surface area contributed by atoms with Crippen LogP contribution in [0.5, 0.6) is 5.75 Å². The zero-order valence-electron chi connectivity index (χ0n) is 14.5. The van der Waals surface area contributed by atoms with E-state index in [2.05, 4.69) is 22.0 Å². The number of nitrogens with two attached hydrogens (primary N) is 1. The van der Waals surface area contributed by atoms with Gasteiger partial charge < -0.3 is 15.8 Å². The van der Waals surface area contributed by atoms with Gasteiger partial charge in [0.1, 0.15) is 11.6 Å². The molecule has 1 saturated carbocycles. The molecule has 0 amide bonds. The van der Waals surface area contributed by atoms with Crippen LogP contribution in [0.25, 0.3) is 11.1 Å². The Balaban J connectivity index is 1.87. The SMILES string of the molecule is CCCC(Nc1nccc(-c2ccc(OC(F)F)cc2Cl)c1N)C1CC1. The van der Waals surface area contributed by atoms with Gasteiger partial charge in [-0.05, 0) is 49.4 Å². The van der Waals surface area contributed by atoms with Gasteiger partial charge in [-0.25, -0.2) is 4.98 Å². The summed E-state index contributed by atoms with van der Waals surface area (Å²) < 4.78 is 29.1. The van der Waals surface area contributed by atoms with Crippen molar-refractivity contribution in [3.63, 3.8) is 0 Å². The molecule has 1 heterocycles. The van der Waals surface area contributed by atoms with E-state index in [1.165, 1.54) is 25.0 Å². The van der Waals surface area contributed by atoms with Crippen LogP contribution in [0.4, 0.5) is 20.3 Å². The normalized spacial score (nSPS) is 15.1. The summed E-state index contributed by atoms with van der Waals surface area (Å²) in [6.45, 7) is -0.732. The Morgan fingerprint density at radius 2 is 2.08 bits per heavy atom. The highest BCUT2D eigenvalue weighted by Crippen LogP contribution is 2.40. The average Bonchev–Trinajstić information content (AvgIpc) is 3.41. The van der Waals surface area contributed by atoms with Gasteiger partial charge >= 0.3 is 6.61 Å². The van der Waals surface area contributed by atoms with Crippen LogP contribution >= 0.6 is 11.6 Å². The molecular formula is C19H22ClF2N3O. The molecule has 0 radical (unpaired) electrons. The molecule has 2 aromatic rings. The average molecular weight is 382 g/mol. The Morgan fingerprint density at radius 1 is 1.31 bits per heavy atom. The predicted molar refractivity (Wildman–Crippen MR) is 101 cm³/mol. The molecule has 7 heteroatoms. The highest BCUT2D eigenvalue weighted by atomic mass is 35.5. The van der Waals surface area contributed by atoms with Crippen molar-refractivity contribution in [1.82, 2.24) is 4.98 Å². The number of hydrogen-bond acceptors (Lipinski definition) is 4. The standard InChI is InChI=1S/C19H22ClF2N3O/c1-2-3-16(11-4-5-11)25-18-17(23)14(8-9-24-18)13-7-6-12(10-15(13)20)26-19(21)22/h6-11,16,19H,2-5,23H2,1H3,(H,24,25). The number of hydrogen-bond donors (Lipinski definition) is 2. The molecule has 3 rings (SSSR count). The lowest BCUT2D eigenvalue weighted by molar-refractivity contribution is -0.0498. The molecule has 1 unspecified atom stereocenters. The number of anilines is 2. The number of nitrogens with zero attached hydrogens (tertiary/aromatic N) is 1. The van der Waals surface area contributed by atoms with Crippen molar-refractivity contribution in [2.45, 2.75) is 45.3 Å². The fraction of sp³-hybridized carbons (Fsp3) is 0.421. The summed E-state index contributed by atoms with van der Waals surface area (Å²) in [5, 5.41) is 3.77. The lowest BCUT2D eigenvalue weighted by atomic mass is 10.0. The number of benzene rings is 1. The third-order valence-electron chi connectivity index (χ3n) is 4.56. The van der Waals surface area contributed by atoms with E-state index in [4.69, 9.17) is 17.3 Å². The first-order chi connectivity index (χ1) is 12.5. The first kappa shape index (κ1) is 18.7. The van der Waals surface area contributed by atoms with E-state index in [1.807, 2.05) is 0 Å². The summed E-state index contributed by atoms with van der Waals surface area (Å²) >= 11 is 6.27. The second kappa shape index (κ2) is 8.08. The van der Waals surface area contributed by atoms with Gasteiger partial charge in [0.25, 0.3) is 0 Å². The van der Waals surface area contributed by atoms with Gasteiger partial charge in [-0.3, -0.25) is 0 Å². The topological polar surface area (TPSA) is 60.2 Å². The van der Waals surface area contributed by atoms with Crippen molar-refractivity contribution in [2.75, 3.05) is 11.1 Å². The molecule has 0 bridgehead atoms. The molecule has 0 saturated heterocycles. The third kappa shape index (κ3) is 4.36. The molecule has 1 aromatic heterocycles. The molecule has 1 aliphatic rings. The summed E-state index contributed by atoms with van der Waals surface area (Å²) in [5.74, 6) is 1.32. The van der Waals surface area contributed by atoms with Gasteiger partial charge in [0, 0.05) is 23.4 Å².